The average molecular weight is 747 g/mol. The topological polar surface area (TPSA) is 156 Å². The highest BCUT2D eigenvalue weighted by Gasteiger charge is 2.65. The number of aromatic nitrogens is 7. The molecule has 0 unspecified atom stereocenters. The molecule has 0 aliphatic carbocycles. The first kappa shape index (κ1) is 35.7. The fraction of sp³-hybridized carbons (Fsp3) is 0.143. The fourth-order valence-electron chi connectivity index (χ4n) is 4.55. The molecule has 5 rings (SSSR count). The van der Waals surface area contributed by atoms with Gasteiger partial charge in [-0.25, -0.2) is 14.3 Å². The summed E-state index contributed by atoms with van der Waals surface area (Å²) in [7, 11) is -9.92. The largest absolute Gasteiger partial charge is 0.453 e. The van der Waals surface area contributed by atoms with Gasteiger partial charge in [0.05, 0.1) is 40.1 Å². The van der Waals surface area contributed by atoms with Crippen molar-refractivity contribution in [3.63, 3.8) is 0 Å². The van der Waals surface area contributed by atoms with E-state index in [2.05, 4.69) is 36.2 Å². The minimum absolute atomic E-state index is 0.00199. The van der Waals surface area contributed by atoms with E-state index in [1.54, 1.807) is 0 Å². The van der Waals surface area contributed by atoms with E-state index in [0.717, 1.165) is 28.9 Å². The number of hydrogen-bond acceptors (Lipinski definition) is 8. The van der Waals surface area contributed by atoms with Crippen LogP contribution in [0.1, 0.15) is 49.1 Å². The molecule has 0 atom stereocenters. The smallest absolute Gasteiger partial charge is 0.348 e. The van der Waals surface area contributed by atoms with Gasteiger partial charge in [0.15, 0.2) is 5.82 Å². The molecule has 0 aliphatic rings. The van der Waals surface area contributed by atoms with Crippen molar-refractivity contribution in [2.75, 3.05) is 5.32 Å². The zero-order valence-electron chi connectivity index (χ0n) is 24.9. The van der Waals surface area contributed by atoms with Gasteiger partial charge in [0, 0.05) is 12.7 Å². The molecule has 0 saturated carbocycles. The quantitative estimate of drug-likeness (QED) is 0.153. The highest BCUT2D eigenvalue weighted by molar-refractivity contribution is 8.45. The van der Waals surface area contributed by atoms with Gasteiger partial charge in [0.1, 0.15) is 10.6 Å². The molecule has 2 aromatic carbocycles. The molecule has 22 heteroatoms. The standard InChI is InChI=1S/C28H19ClF8N10O2S/c1-15-9-17(12-38)10-20(25(48)40-13-16-4-6-19(7-5-16)50(33,34,35,36)37)23(15)41-26(49)22-11-18(14-46-27(28(30,31)32)42-44-45-46)43-47(22)24-21(29)3-2-8-39-24/h2-11H,13-14H2,1H3,(H,40,48)(H,41,49). The van der Waals surface area contributed by atoms with Crippen LogP contribution in [0.3, 0.4) is 0 Å². The normalized spacial score (nSPS) is 13.2. The number of tetrazole rings is 1. The van der Waals surface area contributed by atoms with E-state index < -0.39 is 52.0 Å². The zero-order chi connectivity index (χ0) is 36.7. The number of nitrogens with zero attached hydrogens (tertiary/aromatic N) is 8. The van der Waals surface area contributed by atoms with Gasteiger partial charge in [0.2, 0.25) is 0 Å². The Hall–Kier alpha value is -5.62. The Kier molecular flexibility index (Phi) is 8.61. The molecular weight excluding hydrogens is 728 g/mol. The second-order valence-corrected chi connectivity index (χ2v) is 13.3. The molecule has 3 aromatic heterocycles. The predicted octanol–water partition coefficient (Wildman–Crippen LogP) is 6.99. The van der Waals surface area contributed by atoms with Crippen LogP contribution in [-0.2, 0) is 19.3 Å². The van der Waals surface area contributed by atoms with Gasteiger partial charge in [-0.3, -0.25) is 9.59 Å². The van der Waals surface area contributed by atoms with Crippen molar-refractivity contribution < 1.29 is 42.2 Å². The number of hydrogen-bond donors (Lipinski definition) is 2. The van der Waals surface area contributed by atoms with Crippen molar-refractivity contribution in [3.8, 4) is 11.9 Å². The highest BCUT2D eigenvalue weighted by atomic mass is 35.5. The molecular formula is C28H19ClF8N10O2S. The lowest BCUT2D eigenvalue weighted by Crippen LogP contribution is -2.26. The predicted molar refractivity (Wildman–Crippen MR) is 161 cm³/mol. The number of halogens is 9. The maximum atomic E-state index is 13.8. The molecule has 2 N–H and O–H groups in total. The fourth-order valence-corrected chi connectivity index (χ4v) is 5.40. The Morgan fingerprint density at radius 3 is 2.34 bits per heavy atom. The van der Waals surface area contributed by atoms with E-state index in [-0.39, 0.29) is 62.3 Å². The van der Waals surface area contributed by atoms with Crippen LogP contribution in [-0.4, -0.2) is 46.8 Å². The molecule has 0 saturated heterocycles. The number of alkyl halides is 3. The van der Waals surface area contributed by atoms with Gasteiger partial charge < -0.3 is 10.6 Å². The lowest BCUT2D eigenvalue weighted by molar-refractivity contribution is -0.147. The summed E-state index contributed by atoms with van der Waals surface area (Å²) in [5.41, 5.74) is -0.661. The molecule has 0 bridgehead atoms. The monoisotopic (exact) mass is 746 g/mol. The van der Waals surface area contributed by atoms with Crippen molar-refractivity contribution in [2.45, 2.75) is 31.1 Å². The SMILES string of the molecule is Cc1cc(C#N)cc(C(=O)NCc2ccc(S(F)(F)(F)(F)F)cc2)c1NC(=O)c1cc(Cn2nnnc2C(F)(F)F)nn1-c1ncccc1Cl. The number of benzene rings is 2. The van der Waals surface area contributed by atoms with Crippen molar-refractivity contribution in [1.82, 2.24) is 40.3 Å². The summed E-state index contributed by atoms with van der Waals surface area (Å²) in [5, 5.41) is 27.9. The maximum Gasteiger partial charge on any atom is 0.453 e. The third-order valence-electron chi connectivity index (χ3n) is 6.80. The molecule has 0 spiro atoms. The first-order chi connectivity index (χ1) is 23.1. The van der Waals surface area contributed by atoms with Gasteiger partial charge in [0.25, 0.3) is 17.6 Å². The summed E-state index contributed by atoms with van der Waals surface area (Å²) in [6, 6.07) is 10.2. The number of pyridine rings is 1. The Morgan fingerprint density at radius 2 is 1.72 bits per heavy atom. The van der Waals surface area contributed by atoms with Gasteiger partial charge in [-0.15, -0.1) is 5.10 Å². The van der Waals surface area contributed by atoms with Gasteiger partial charge in [-0.1, -0.05) is 43.2 Å². The minimum Gasteiger partial charge on any atom is -0.348 e. The van der Waals surface area contributed by atoms with E-state index in [1.165, 1.54) is 31.3 Å². The maximum absolute atomic E-state index is 13.8. The van der Waals surface area contributed by atoms with Crippen molar-refractivity contribution in [3.05, 3.63) is 105 Å². The second-order valence-electron chi connectivity index (χ2n) is 10.5. The summed E-state index contributed by atoms with van der Waals surface area (Å²) in [4.78, 5) is 29.1. The van der Waals surface area contributed by atoms with Crippen molar-refractivity contribution >= 4 is 39.3 Å². The Morgan fingerprint density at radius 1 is 1.02 bits per heavy atom. The van der Waals surface area contributed by atoms with Gasteiger partial charge >= 0.3 is 16.4 Å². The number of rotatable bonds is 9. The first-order valence-electron chi connectivity index (χ1n) is 13.6. The van der Waals surface area contributed by atoms with Crippen LogP contribution in [0.4, 0.5) is 38.3 Å². The summed E-state index contributed by atoms with van der Waals surface area (Å²) >= 11 is 6.27. The third kappa shape index (κ3) is 7.81. The van der Waals surface area contributed by atoms with Crippen molar-refractivity contribution in [1.29, 1.82) is 5.26 Å². The molecule has 0 aliphatic heterocycles. The highest BCUT2D eigenvalue weighted by Crippen LogP contribution is 3.02. The summed E-state index contributed by atoms with van der Waals surface area (Å²) < 4.78 is 107. The molecule has 12 nitrogen and oxygen atoms in total. The zero-order valence-corrected chi connectivity index (χ0v) is 26.5. The third-order valence-corrected chi connectivity index (χ3v) is 8.26. The van der Waals surface area contributed by atoms with Gasteiger partial charge in [-0.2, -0.15) is 23.5 Å². The molecule has 0 fully saturated rings. The van der Waals surface area contributed by atoms with Crippen LogP contribution in [0.25, 0.3) is 5.82 Å². The van der Waals surface area contributed by atoms with Crippen LogP contribution < -0.4 is 10.6 Å². The number of carbonyl (C=O) groups is 2. The number of anilines is 1. The van der Waals surface area contributed by atoms with Gasteiger partial charge in [-0.05, 0) is 70.9 Å². The van der Waals surface area contributed by atoms with E-state index in [0.29, 0.717) is 4.68 Å². The van der Waals surface area contributed by atoms with Crippen LogP contribution in [0.2, 0.25) is 5.02 Å². The van der Waals surface area contributed by atoms with E-state index in [4.69, 9.17) is 11.6 Å². The number of nitrogens with one attached hydrogen (secondary N) is 2. The lowest BCUT2D eigenvalue weighted by atomic mass is 10.0. The van der Waals surface area contributed by atoms with Crippen LogP contribution in [0.5, 0.6) is 0 Å². The summed E-state index contributed by atoms with van der Waals surface area (Å²) in [6.45, 7) is 0.362. The average Bonchev–Trinajstić information content (AvgIpc) is 3.67. The second kappa shape index (κ2) is 12.1. The van der Waals surface area contributed by atoms with E-state index in [9.17, 15) is 47.5 Å². The molecule has 0 radical (unpaired) electrons. The number of nitriles is 1. The minimum atomic E-state index is -9.92. The van der Waals surface area contributed by atoms with Crippen LogP contribution in [0.15, 0.2) is 65.7 Å². The van der Waals surface area contributed by atoms with Crippen LogP contribution in [0, 0.1) is 18.3 Å². The summed E-state index contributed by atoms with van der Waals surface area (Å²) in [5.74, 6) is -3.42. The molecule has 2 amide bonds. The number of aryl methyl sites for hydroxylation is 1. The van der Waals surface area contributed by atoms with E-state index >= 15 is 0 Å². The molecule has 3 heterocycles. The molecule has 50 heavy (non-hydrogen) atoms. The Labute approximate surface area is 280 Å². The number of amides is 2. The summed E-state index contributed by atoms with van der Waals surface area (Å²) in [6.07, 6.45) is -3.60. The number of carbonyl (C=O) groups excluding carboxylic acids is 2. The first-order valence-corrected chi connectivity index (χ1v) is 16.0. The molecule has 262 valence electrons. The van der Waals surface area contributed by atoms with Crippen LogP contribution >= 0.6 is 21.8 Å². The lowest BCUT2D eigenvalue weighted by Gasteiger charge is -2.40. The van der Waals surface area contributed by atoms with E-state index in [1.807, 2.05) is 6.07 Å². The molecule has 5 aromatic rings. The Bertz CT molecular complexity index is 2180. The Balaban J connectivity index is 1.47. The van der Waals surface area contributed by atoms with Crippen molar-refractivity contribution in [2.24, 2.45) is 0 Å².